The lowest BCUT2D eigenvalue weighted by Gasteiger charge is -2.37. The van der Waals surface area contributed by atoms with Crippen LogP contribution in [0.3, 0.4) is 0 Å². The molecule has 2 aromatic rings. The number of fused-ring (bicyclic) bond motifs is 1. The van der Waals surface area contributed by atoms with Crippen LogP contribution in [0.4, 0.5) is 11.4 Å². The van der Waals surface area contributed by atoms with Crippen molar-refractivity contribution in [3.05, 3.63) is 58.1 Å². The van der Waals surface area contributed by atoms with Crippen LogP contribution < -0.4 is 9.80 Å². The molecule has 0 aliphatic carbocycles. The van der Waals surface area contributed by atoms with E-state index < -0.39 is 0 Å². The predicted octanol–water partition coefficient (Wildman–Crippen LogP) is 3.71. The van der Waals surface area contributed by atoms with Crippen LogP contribution in [0, 0.1) is 0 Å². The highest BCUT2D eigenvalue weighted by Crippen LogP contribution is 2.42. The zero-order valence-electron chi connectivity index (χ0n) is 15.4. The van der Waals surface area contributed by atoms with Crippen LogP contribution in [0.2, 0.25) is 0 Å². The number of carbonyl (C=O) groups is 1. The van der Waals surface area contributed by atoms with Crippen LogP contribution in [-0.2, 0) is 17.6 Å². The summed E-state index contributed by atoms with van der Waals surface area (Å²) in [6.07, 6.45) is 4.40. The molecule has 0 saturated carbocycles. The number of esters is 1. The standard InChI is InChI=1S/C22H24N2O2/c1-23(2)17-7-8-18-19(13-17)22(25)26-21(18)16-11-14-5-3-9-24-10-4-6-15(12-16)20(14)24/h7-8,11-13,21H,3-6,9-10H2,1-2H3. The lowest BCUT2D eigenvalue weighted by molar-refractivity contribution is 0.0455. The van der Waals surface area contributed by atoms with E-state index in [-0.39, 0.29) is 12.1 Å². The van der Waals surface area contributed by atoms with E-state index in [9.17, 15) is 4.79 Å². The van der Waals surface area contributed by atoms with Gasteiger partial charge in [-0.15, -0.1) is 0 Å². The molecule has 4 nitrogen and oxygen atoms in total. The van der Waals surface area contributed by atoms with Gasteiger partial charge in [-0.2, -0.15) is 0 Å². The molecule has 5 rings (SSSR count). The summed E-state index contributed by atoms with van der Waals surface area (Å²) in [5.74, 6) is -0.207. The Kier molecular flexibility index (Phi) is 3.49. The van der Waals surface area contributed by atoms with Crippen molar-refractivity contribution in [2.75, 3.05) is 37.0 Å². The summed E-state index contributed by atoms with van der Waals surface area (Å²) in [5.41, 5.74) is 8.17. The largest absolute Gasteiger partial charge is 0.449 e. The maximum atomic E-state index is 12.5. The molecular weight excluding hydrogens is 324 g/mol. The van der Waals surface area contributed by atoms with Crippen LogP contribution in [0.1, 0.15) is 51.6 Å². The van der Waals surface area contributed by atoms with Gasteiger partial charge in [0.2, 0.25) is 0 Å². The van der Waals surface area contributed by atoms with E-state index in [2.05, 4.69) is 29.2 Å². The number of ether oxygens (including phenoxy) is 1. The smallest absolute Gasteiger partial charge is 0.339 e. The molecule has 4 heteroatoms. The quantitative estimate of drug-likeness (QED) is 0.775. The summed E-state index contributed by atoms with van der Waals surface area (Å²) in [6.45, 7) is 2.35. The first kappa shape index (κ1) is 15.7. The highest BCUT2D eigenvalue weighted by molar-refractivity contribution is 5.95. The number of hydrogen-bond donors (Lipinski definition) is 0. The fourth-order valence-corrected chi connectivity index (χ4v) is 4.69. The minimum absolute atomic E-state index is 0.207. The first-order valence-electron chi connectivity index (χ1n) is 9.55. The van der Waals surface area contributed by atoms with Crippen molar-refractivity contribution < 1.29 is 9.53 Å². The number of hydrogen-bond acceptors (Lipinski definition) is 4. The Bertz CT molecular complexity index is 872. The van der Waals surface area contributed by atoms with E-state index >= 15 is 0 Å². The van der Waals surface area contributed by atoms with E-state index in [1.165, 1.54) is 42.7 Å². The van der Waals surface area contributed by atoms with E-state index in [0.29, 0.717) is 5.56 Å². The Labute approximate surface area is 154 Å². The molecule has 26 heavy (non-hydrogen) atoms. The molecule has 0 bridgehead atoms. The van der Waals surface area contributed by atoms with Gasteiger partial charge in [-0.3, -0.25) is 0 Å². The van der Waals surface area contributed by atoms with E-state index in [0.717, 1.165) is 29.7 Å². The van der Waals surface area contributed by atoms with Gasteiger partial charge >= 0.3 is 5.97 Å². The van der Waals surface area contributed by atoms with Crippen LogP contribution in [-0.4, -0.2) is 33.2 Å². The van der Waals surface area contributed by atoms with Crippen molar-refractivity contribution in [1.29, 1.82) is 0 Å². The van der Waals surface area contributed by atoms with Crippen LogP contribution in [0.25, 0.3) is 0 Å². The molecule has 0 saturated heterocycles. The predicted molar refractivity (Wildman–Crippen MR) is 103 cm³/mol. The van der Waals surface area contributed by atoms with Crippen molar-refractivity contribution in [3.63, 3.8) is 0 Å². The van der Waals surface area contributed by atoms with Gasteiger partial charge in [0.25, 0.3) is 0 Å². The topological polar surface area (TPSA) is 32.8 Å². The molecule has 3 aliphatic rings. The molecule has 0 amide bonds. The molecule has 1 atom stereocenters. The van der Waals surface area contributed by atoms with Crippen molar-refractivity contribution in [2.45, 2.75) is 31.8 Å². The van der Waals surface area contributed by atoms with Crippen LogP contribution >= 0.6 is 0 Å². The Morgan fingerprint density at radius 3 is 2.38 bits per heavy atom. The highest BCUT2D eigenvalue weighted by Gasteiger charge is 2.34. The van der Waals surface area contributed by atoms with Gasteiger partial charge in [0.1, 0.15) is 0 Å². The number of carbonyl (C=O) groups excluding carboxylic acids is 1. The third kappa shape index (κ3) is 2.32. The normalized spacial score (nSPS) is 20.5. The third-order valence-electron chi connectivity index (χ3n) is 5.94. The second kappa shape index (κ2) is 5.76. The van der Waals surface area contributed by atoms with Crippen molar-refractivity contribution >= 4 is 17.3 Å². The van der Waals surface area contributed by atoms with E-state index in [4.69, 9.17) is 4.74 Å². The first-order valence-corrected chi connectivity index (χ1v) is 9.55. The fraction of sp³-hybridized carbons (Fsp3) is 0.409. The molecule has 0 radical (unpaired) electrons. The summed E-state index contributed by atoms with van der Waals surface area (Å²) in [6, 6.07) is 10.6. The number of rotatable bonds is 2. The molecule has 0 spiro atoms. The van der Waals surface area contributed by atoms with Crippen molar-refractivity contribution in [3.8, 4) is 0 Å². The Morgan fingerprint density at radius 2 is 1.73 bits per heavy atom. The summed E-state index contributed by atoms with van der Waals surface area (Å²) in [4.78, 5) is 17.0. The van der Waals surface area contributed by atoms with Crippen molar-refractivity contribution in [2.24, 2.45) is 0 Å². The second-order valence-corrected chi connectivity index (χ2v) is 7.83. The monoisotopic (exact) mass is 348 g/mol. The van der Waals surface area contributed by atoms with E-state index in [1.54, 1.807) is 0 Å². The molecule has 3 aliphatic heterocycles. The van der Waals surface area contributed by atoms with Crippen LogP contribution in [0.15, 0.2) is 30.3 Å². The summed E-state index contributed by atoms with van der Waals surface area (Å²) in [7, 11) is 3.97. The van der Waals surface area contributed by atoms with E-state index in [1.807, 2.05) is 25.1 Å². The summed E-state index contributed by atoms with van der Waals surface area (Å²) in [5, 5.41) is 0. The molecule has 0 N–H and O–H groups in total. The Hall–Kier alpha value is -2.49. The molecule has 2 aromatic carbocycles. The maximum absolute atomic E-state index is 12.5. The fourth-order valence-electron chi connectivity index (χ4n) is 4.69. The molecule has 0 aromatic heterocycles. The number of cyclic esters (lactones) is 1. The molecular formula is C22H24N2O2. The highest BCUT2D eigenvalue weighted by atomic mass is 16.5. The summed E-state index contributed by atoms with van der Waals surface area (Å²) >= 11 is 0. The van der Waals surface area contributed by atoms with Gasteiger partial charge in [0.05, 0.1) is 5.56 Å². The lowest BCUT2D eigenvalue weighted by atomic mass is 9.87. The lowest BCUT2D eigenvalue weighted by Crippen LogP contribution is -2.34. The number of aryl methyl sites for hydroxylation is 2. The molecule has 0 fully saturated rings. The zero-order chi connectivity index (χ0) is 17.8. The first-order chi connectivity index (χ1) is 12.6. The van der Waals surface area contributed by atoms with Gasteiger partial charge in [0, 0.05) is 44.1 Å². The molecule has 134 valence electrons. The van der Waals surface area contributed by atoms with Gasteiger partial charge in [-0.05, 0) is 66.6 Å². The van der Waals surface area contributed by atoms with Crippen LogP contribution in [0.5, 0.6) is 0 Å². The minimum atomic E-state index is -0.271. The third-order valence-corrected chi connectivity index (χ3v) is 5.94. The van der Waals surface area contributed by atoms with Crippen molar-refractivity contribution in [1.82, 2.24) is 0 Å². The van der Waals surface area contributed by atoms with Gasteiger partial charge in [0.15, 0.2) is 6.10 Å². The zero-order valence-corrected chi connectivity index (χ0v) is 15.4. The number of nitrogens with zero attached hydrogens (tertiary/aromatic N) is 2. The second-order valence-electron chi connectivity index (χ2n) is 7.83. The SMILES string of the molecule is CN(C)c1ccc2c(c1)C(=O)OC2c1cc2c3c(c1)CCCN3CCC2. The average Bonchev–Trinajstić information content (AvgIpc) is 2.98. The van der Waals surface area contributed by atoms with Gasteiger partial charge < -0.3 is 14.5 Å². The molecule has 1 unspecified atom stereocenters. The average molecular weight is 348 g/mol. The van der Waals surface area contributed by atoms with Gasteiger partial charge in [-0.25, -0.2) is 4.79 Å². The van der Waals surface area contributed by atoms with Gasteiger partial charge in [-0.1, -0.05) is 6.07 Å². The molecule has 3 heterocycles. The number of benzene rings is 2. The maximum Gasteiger partial charge on any atom is 0.339 e. The number of anilines is 2. The minimum Gasteiger partial charge on any atom is -0.449 e. The Morgan fingerprint density at radius 1 is 1.04 bits per heavy atom. The Balaban J connectivity index is 1.59. The summed E-state index contributed by atoms with van der Waals surface area (Å²) < 4.78 is 5.82.